The molecule has 0 saturated heterocycles. The summed E-state index contributed by atoms with van der Waals surface area (Å²) in [5.41, 5.74) is 0.313. The lowest BCUT2D eigenvalue weighted by atomic mass is 10.3. The number of rotatable bonds is 5. The van der Waals surface area contributed by atoms with Crippen molar-refractivity contribution in [1.29, 1.82) is 0 Å². The number of carbonyl (C=O) groups is 1. The maximum absolute atomic E-state index is 13.1. The zero-order chi connectivity index (χ0) is 17.0. The third kappa shape index (κ3) is 4.11. The van der Waals surface area contributed by atoms with Gasteiger partial charge in [0.25, 0.3) is 0 Å². The van der Waals surface area contributed by atoms with Crippen LogP contribution in [-0.2, 0) is 12.7 Å². The maximum atomic E-state index is 13.1. The number of nitrogens with one attached hydrogen (secondary N) is 2. The van der Waals surface area contributed by atoms with E-state index in [0.29, 0.717) is 0 Å². The van der Waals surface area contributed by atoms with Gasteiger partial charge < -0.3 is 15.2 Å². The van der Waals surface area contributed by atoms with Crippen LogP contribution in [0.15, 0.2) is 18.3 Å². The van der Waals surface area contributed by atoms with Gasteiger partial charge in [-0.3, -0.25) is 0 Å². The maximum Gasteiger partial charge on any atom is 0.449 e. The second kappa shape index (κ2) is 6.84. The molecule has 0 aliphatic rings. The molecule has 126 valence electrons. The van der Waals surface area contributed by atoms with Gasteiger partial charge >= 0.3 is 12.2 Å². The van der Waals surface area contributed by atoms with Crippen molar-refractivity contribution in [1.82, 2.24) is 25.2 Å². The van der Waals surface area contributed by atoms with Crippen LogP contribution in [0.1, 0.15) is 26.1 Å². The molecule has 6 nitrogen and oxygen atoms in total. The van der Waals surface area contributed by atoms with E-state index >= 15 is 0 Å². The van der Waals surface area contributed by atoms with Gasteiger partial charge in [0.2, 0.25) is 5.82 Å². The molecule has 0 fully saturated rings. The van der Waals surface area contributed by atoms with Gasteiger partial charge in [0.15, 0.2) is 5.65 Å². The molecule has 0 aliphatic carbocycles. The molecule has 0 aliphatic heterocycles. The van der Waals surface area contributed by atoms with Crippen molar-refractivity contribution in [2.45, 2.75) is 39.0 Å². The van der Waals surface area contributed by atoms with E-state index in [0.717, 1.165) is 11.0 Å². The van der Waals surface area contributed by atoms with Crippen LogP contribution in [0.2, 0.25) is 0 Å². The van der Waals surface area contributed by atoms with Gasteiger partial charge in [0.1, 0.15) is 5.52 Å². The van der Waals surface area contributed by atoms with Crippen LogP contribution in [0.4, 0.5) is 18.0 Å². The normalized spacial score (nSPS) is 13.1. The number of halogens is 3. The summed E-state index contributed by atoms with van der Waals surface area (Å²) in [6.07, 6.45) is -2.41. The van der Waals surface area contributed by atoms with E-state index < -0.39 is 18.0 Å². The molecule has 2 heterocycles. The predicted molar refractivity (Wildman–Crippen MR) is 78.8 cm³/mol. The van der Waals surface area contributed by atoms with Crippen molar-refractivity contribution >= 4 is 17.2 Å². The summed E-state index contributed by atoms with van der Waals surface area (Å²) < 4.78 is 40.2. The van der Waals surface area contributed by atoms with Crippen LogP contribution in [0.5, 0.6) is 0 Å². The lowest BCUT2D eigenvalue weighted by molar-refractivity contribution is -0.146. The summed E-state index contributed by atoms with van der Waals surface area (Å²) in [5, 5.41) is 5.21. The average Bonchev–Trinajstić information content (AvgIpc) is 2.86. The van der Waals surface area contributed by atoms with Crippen LogP contribution in [-0.4, -0.2) is 33.2 Å². The smallest absolute Gasteiger partial charge is 0.336 e. The van der Waals surface area contributed by atoms with Crippen LogP contribution in [0.3, 0.4) is 0 Å². The second-order valence-corrected chi connectivity index (χ2v) is 5.14. The number of amides is 2. The van der Waals surface area contributed by atoms with Crippen molar-refractivity contribution in [2.24, 2.45) is 0 Å². The van der Waals surface area contributed by atoms with E-state index in [-0.39, 0.29) is 30.3 Å². The van der Waals surface area contributed by atoms with Crippen LogP contribution in [0, 0.1) is 0 Å². The first kappa shape index (κ1) is 17.0. The van der Waals surface area contributed by atoms with E-state index in [4.69, 9.17) is 0 Å². The molecule has 0 saturated carbocycles. The Labute approximate surface area is 131 Å². The molecule has 1 unspecified atom stereocenters. The fourth-order valence-corrected chi connectivity index (χ4v) is 2.04. The molecular formula is C14H18F3N5O. The molecule has 23 heavy (non-hydrogen) atoms. The Bertz CT molecular complexity index is 683. The molecule has 0 bridgehead atoms. The van der Waals surface area contributed by atoms with Gasteiger partial charge in [0, 0.05) is 25.3 Å². The fourth-order valence-electron chi connectivity index (χ4n) is 2.04. The Kier molecular flexibility index (Phi) is 5.07. The van der Waals surface area contributed by atoms with Gasteiger partial charge in [-0.25, -0.2) is 14.8 Å². The summed E-state index contributed by atoms with van der Waals surface area (Å²) in [6.45, 7) is 3.72. The summed E-state index contributed by atoms with van der Waals surface area (Å²) in [4.78, 5) is 19.1. The van der Waals surface area contributed by atoms with Crippen molar-refractivity contribution in [3.63, 3.8) is 0 Å². The summed E-state index contributed by atoms with van der Waals surface area (Å²) in [7, 11) is 0. The molecule has 2 amide bonds. The lowest BCUT2D eigenvalue weighted by Gasteiger charge is -2.14. The number of aromatic nitrogens is 3. The Morgan fingerprint density at radius 3 is 2.83 bits per heavy atom. The molecule has 2 rings (SSSR count). The Hall–Kier alpha value is -2.32. The quantitative estimate of drug-likeness (QED) is 0.885. The van der Waals surface area contributed by atoms with Crippen molar-refractivity contribution in [3.8, 4) is 0 Å². The van der Waals surface area contributed by atoms with Gasteiger partial charge in [-0.05, 0) is 25.5 Å². The number of hydrogen-bond acceptors (Lipinski definition) is 3. The Balaban J connectivity index is 2.11. The molecule has 9 heteroatoms. The second-order valence-electron chi connectivity index (χ2n) is 5.14. The highest BCUT2D eigenvalue weighted by molar-refractivity contribution is 5.74. The minimum Gasteiger partial charge on any atom is -0.336 e. The summed E-state index contributed by atoms with van der Waals surface area (Å²) in [6, 6.07) is 2.58. The van der Waals surface area contributed by atoms with Crippen molar-refractivity contribution < 1.29 is 18.0 Å². The number of carbonyl (C=O) groups excluding carboxylic acids is 1. The molecule has 0 aromatic carbocycles. The number of hydrogen-bond donors (Lipinski definition) is 2. The van der Waals surface area contributed by atoms with Gasteiger partial charge in [0.05, 0.1) is 0 Å². The zero-order valence-corrected chi connectivity index (χ0v) is 12.8. The third-order valence-electron chi connectivity index (χ3n) is 3.37. The number of pyridine rings is 1. The van der Waals surface area contributed by atoms with Crippen LogP contribution < -0.4 is 10.6 Å². The summed E-state index contributed by atoms with van der Waals surface area (Å²) in [5.74, 6) is -1.02. The number of alkyl halides is 3. The topological polar surface area (TPSA) is 71.8 Å². The third-order valence-corrected chi connectivity index (χ3v) is 3.37. The number of urea groups is 1. The van der Waals surface area contributed by atoms with Crippen LogP contribution in [0.25, 0.3) is 11.2 Å². The zero-order valence-electron chi connectivity index (χ0n) is 12.8. The van der Waals surface area contributed by atoms with Crippen molar-refractivity contribution in [2.75, 3.05) is 6.54 Å². The van der Waals surface area contributed by atoms with E-state index in [9.17, 15) is 18.0 Å². The molecule has 0 radical (unpaired) electrons. The highest BCUT2D eigenvalue weighted by Gasteiger charge is 2.37. The largest absolute Gasteiger partial charge is 0.449 e. The first-order valence-corrected chi connectivity index (χ1v) is 7.25. The number of nitrogens with zero attached hydrogens (tertiary/aromatic N) is 3. The number of fused-ring (bicyclic) bond motifs is 1. The average molecular weight is 329 g/mol. The van der Waals surface area contributed by atoms with Crippen molar-refractivity contribution in [3.05, 3.63) is 24.2 Å². The first-order valence-electron chi connectivity index (χ1n) is 7.25. The molecule has 0 spiro atoms. The van der Waals surface area contributed by atoms with E-state index in [1.165, 1.54) is 18.3 Å². The summed E-state index contributed by atoms with van der Waals surface area (Å²) >= 11 is 0. The molecule has 2 N–H and O–H groups in total. The van der Waals surface area contributed by atoms with Gasteiger partial charge in [-0.15, -0.1) is 0 Å². The molecule has 2 aromatic rings. The highest BCUT2D eigenvalue weighted by atomic mass is 19.4. The minimum atomic E-state index is -4.58. The SMILES string of the molecule is CCC(C)NC(=O)NCCn1c(C(F)(F)F)nc2cccnc21. The molecule has 2 aromatic heterocycles. The van der Waals surface area contributed by atoms with E-state index in [1.54, 1.807) is 0 Å². The van der Waals surface area contributed by atoms with Gasteiger partial charge in [-0.1, -0.05) is 6.92 Å². The molecule has 1 atom stereocenters. The minimum absolute atomic E-state index is 0.00326. The Morgan fingerprint density at radius 1 is 1.43 bits per heavy atom. The standard InChI is InChI=1S/C14H18F3N5O/c1-3-9(2)20-13(23)19-7-8-22-11-10(5-4-6-18-11)21-12(22)14(15,16)17/h4-6,9H,3,7-8H2,1-2H3,(H2,19,20,23). The van der Waals surface area contributed by atoms with Gasteiger partial charge in [-0.2, -0.15) is 13.2 Å². The predicted octanol–water partition coefficient (Wildman–Crippen LogP) is 2.55. The number of imidazole rings is 1. The highest BCUT2D eigenvalue weighted by Crippen LogP contribution is 2.30. The Morgan fingerprint density at radius 2 is 2.17 bits per heavy atom. The lowest BCUT2D eigenvalue weighted by Crippen LogP contribution is -2.41. The first-order chi connectivity index (χ1) is 10.8. The monoisotopic (exact) mass is 329 g/mol. The van der Waals surface area contributed by atoms with E-state index in [2.05, 4.69) is 20.6 Å². The van der Waals surface area contributed by atoms with E-state index in [1.807, 2.05) is 13.8 Å². The van der Waals surface area contributed by atoms with Crippen LogP contribution >= 0.6 is 0 Å². The molecular weight excluding hydrogens is 311 g/mol. The fraction of sp³-hybridized carbons (Fsp3) is 0.500.